The second-order valence-electron chi connectivity index (χ2n) is 8.59. The maximum absolute atomic E-state index is 12.7. The van der Waals surface area contributed by atoms with Gasteiger partial charge in [-0.2, -0.15) is 0 Å². The number of nitrogens with zero attached hydrogens (tertiary/aromatic N) is 2. The standard InChI is InChI=1S/C26H31N3O2/c1-2-3-7-19-10-14-21(15-11-19)25(30)27-23-16-12-20(13-17-23)18-24-28-29-26(31-24)22-8-5-4-6-9-22/h4-6,8-9,12-13,16-17,19,21H,2-3,7,10-11,14-15,18H2,1H3,(H,27,30). The summed E-state index contributed by atoms with van der Waals surface area (Å²) in [5.74, 6) is 2.23. The lowest BCUT2D eigenvalue weighted by atomic mass is 9.79. The fourth-order valence-electron chi connectivity index (χ4n) is 4.35. The van der Waals surface area contributed by atoms with Crippen LogP contribution < -0.4 is 5.32 Å². The first-order valence-corrected chi connectivity index (χ1v) is 11.5. The van der Waals surface area contributed by atoms with Crippen molar-refractivity contribution in [3.05, 3.63) is 66.1 Å². The summed E-state index contributed by atoms with van der Waals surface area (Å²) in [4.78, 5) is 12.7. The third-order valence-electron chi connectivity index (χ3n) is 6.25. The number of benzene rings is 2. The van der Waals surface area contributed by atoms with E-state index in [2.05, 4.69) is 22.4 Å². The molecule has 1 aromatic heterocycles. The number of carbonyl (C=O) groups excluding carboxylic acids is 1. The minimum absolute atomic E-state index is 0.146. The first-order chi connectivity index (χ1) is 15.2. The molecular weight excluding hydrogens is 386 g/mol. The van der Waals surface area contributed by atoms with Crippen LogP contribution in [0.1, 0.15) is 63.3 Å². The summed E-state index contributed by atoms with van der Waals surface area (Å²) < 4.78 is 5.79. The van der Waals surface area contributed by atoms with Gasteiger partial charge in [0.25, 0.3) is 0 Å². The third-order valence-corrected chi connectivity index (χ3v) is 6.25. The molecule has 0 spiro atoms. The first kappa shape index (κ1) is 21.3. The van der Waals surface area contributed by atoms with Crippen LogP contribution in [0.5, 0.6) is 0 Å². The van der Waals surface area contributed by atoms with Gasteiger partial charge < -0.3 is 9.73 Å². The lowest BCUT2D eigenvalue weighted by molar-refractivity contribution is -0.121. The highest BCUT2D eigenvalue weighted by Crippen LogP contribution is 2.32. The van der Waals surface area contributed by atoms with E-state index >= 15 is 0 Å². The van der Waals surface area contributed by atoms with Gasteiger partial charge in [0.05, 0.1) is 6.42 Å². The Bertz CT molecular complexity index is 958. The van der Waals surface area contributed by atoms with E-state index in [0.717, 1.165) is 35.6 Å². The number of amides is 1. The zero-order valence-corrected chi connectivity index (χ0v) is 18.2. The third kappa shape index (κ3) is 5.81. The number of carbonyl (C=O) groups is 1. The maximum atomic E-state index is 12.7. The van der Waals surface area contributed by atoms with Gasteiger partial charge in [-0.25, -0.2) is 0 Å². The summed E-state index contributed by atoms with van der Waals surface area (Å²) in [7, 11) is 0. The van der Waals surface area contributed by atoms with Crippen molar-refractivity contribution < 1.29 is 9.21 Å². The molecule has 1 N–H and O–H groups in total. The van der Waals surface area contributed by atoms with Crippen LogP contribution in [0.15, 0.2) is 59.0 Å². The van der Waals surface area contributed by atoms with E-state index in [1.54, 1.807) is 0 Å². The van der Waals surface area contributed by atoms with Gasteiger partial charge in [0.1, 0.15) is 0 Å². The van der Waals surface area contributed by atoms with Crippen LogP contribution in [0, 0.1) is 11.8 Å². The lowest BCUT2D eigenvalue weighted by Gasteiger charge is -2.27. The molecule has 0 radical (unpaired) electrons. The van der Waals surface area contributed by atoms with E-state index in [9.17, 15) is 4.79 Å². The average Bonchev–Trinajstić information content (AvgIpc) is 3.28. The van der Waals surface area contributed by atoms with Crippen LogP contribution >= 0.6 is 0 Å². The molecule has 2 aromatic carbocycles. The molecule has 0 aliphatic heterocycles. The molecule has 1 aliphatic rings. The molecule has 0 saturated heterocycles. The van der Waals surface area contributed by atoms with E-state index in [1.165, 1.54) is 32.1 Å². The zero-order valence-electron chi connectivity index (χ0n) is 18.2. The molecule has 31 heavy (non-hydrogen) atoms. The maximum Gasteiger partial charge on any atom is 0.247 e. The van der Waals surface area contributed by atoms with E-state index in [-0.39, 0.29) is 11.8 Å². The average molecular weight is 418 g/mol. The monoisotopic (exact) mass is 417 g/mol. The molecule has 1 fully saturated rings. The minimum Gasteiger partial charge on any atom is -0.420 e. The van der Waals surface area contributed by atoms with Crippen LogP contribution in [0.2, 0.25) is 0 Å². The van der Waals surface area contributed by atoms with Gasteiger partial charge in [-0.05, 0) is 61.4 Å². The normalized spacial score (nSPS) is 18.6. The van der Waals surface area contributed by atoms with E-state index in [4.69, 9.17) is 4.42 Å². The quantitative estimate of drug-likeness (QED) is 0.469. The Morgan fingerprint density at radius 2 is 1.74 bits per heavy atom. The van der Waals surface area contributed by atoms with Gasteiger partial charge in [0.2, 0.25) is 17.7 Å². The molecular formula is C26H31N3O2. The summed E-state index contributed by atoms with van der Waals surface area (Å²) in [6, 6.07) is 17.7. The Labute approximate surface area is 184 Å². The molecule has 0 unspecified atom stereocenters. The number of hydrogen-bond donors (Lipinski definition) is 1. The molecule has 1 heterocycles. The fraction of sp³-hybridized carbons (Fsp3) is 0.423. The predicted octanol–water partition coefficient (Wildman–Crippen LogP) is 6.26. The molecule has 162 valence electrons. The van der Waals surface area contributed by atoms with Crippen molar-refractivity contribution in [2.45, 2.75) is 58.3 Å². The van der Waals surface area contributed by atoms with Gasteiger partial charge in [-0.15, -0.1) is 10.2 Å². The van der Waals surface area contributed by atoms with Crippen molar-refractivity contribution in [1.82, 2.24) is 10.2 Å². The van der Waals surface area contributed by atoms with Crippen molar-refractivity contribution >= 4 is 11.6 Å². The number of nitrogens with one attached hydrogen (secondary N) is 1. The topological polar surface area (TPSA) is 68.0 Å². The molecule has 5 nitrogen and oxygen atoms in total. The number of rotatable bonds is 8. The summed E-state index contributed by atoms with van der Waals surface area (Å²) >= 11 is 0. The lowest BCUT2D eigenvalue weighted by Crippen LogP contribution is -2.27. The zero-order chi connectivity index (χ0) is 21.5. The molecule has 0 atom stereocenters. The van der Waals surface area contributed by atoms with Gasteiger partial charge >= 0.3 is 0 Å². The van der Waals surface area contributed by atoms with Crippen LogP contribution in [0.3, 0.4) is 0 Å². The molecule has 1 saturated carbocycles. The Morgan fingerprint density at radius 3 is 2.45 bits per heavy atom. The number of aromatic nitrogens is 2. The van der Waals surface area contributed by atoms with Crippen molar-refractivity contribution in [3.8, 4) is 11.5 Å². The summed E-state index contributed by atoms with van der Waals surface area (Å²) in [5, 5.41) is 11.4. The molecule has 4 rings (SSSR count). The number of unbranched alkanes of at least 4 members (excludes halogenated alkanes) is 1. The van der Waals surface area contributed by atoms with Gasteiger partial charge in [-0.3, -0.25) is 4.79 Å². The van der Waals surface area contributed by atoms with Crippen LogP contribution in [-0.4, -0.2) is 16.1 Å². The second-order valence-corrected chi connectivity index (χ2v) is 8.59. The van der Waals surface area contributed by atoms with Crippen molar-refractivity contribution in [2.75, 3.05) is 5.32 Å². The largest absolute Gasteiger partial charge is 0.420 e. The Kier molecular flexibility index (Phi) is 7.13. The second kappa shape index (κ2) is 10.4. The van der Waals surface area contributed by atoms with Gasteiger partial charge in [0, 0.05) is 17.2 Å². The minimum atomic E-state index is 0.146. The number of anilines is 1. The van der Waals surface area contributed by atoms with E-state index in [1.807, 2.05) is 54.6 Å². The van der Waals surface area contributed by atoms with Crippen molar-refractivity contribution in [2.24, 2.45) is 11.8 Å². The predicted molar refractivity (Wildman–Crippen MR) is 123 cm³/mol. The Balaban J connectivity index is 1.28. The Hall–Kier alpha value is -2.95. The van der Waals surface area contributed by atoms with E-state index in [0.29, 0.717) is 18.2 Å². The first-order valence-electron chi connectivity index (χ1n) is 11.5. The van der Waals surface area contributed by atoms with Crippen molar-refractivity contribution in [3.63, 3.8) is 0 Å². The van der Waals surface area contributed by atoms with E-state index < -0.39 is 0 Å². The molecule has 1 amide bonds. The molecule has 1 aliphatic carbocycles. The number of hydrogen-bond acceptors (Lipinski definition) is 4. The summed E-state index contributed by atoms with van der Waals surface area (Å²) in [6.07, 6.45) is 8.86. The highest BCUT2D eigenvalue weighted by molar-refractivity contribution is 5.92. The van der Waals surface area contributed by atoms with Gasteiger partial charge in [-0.1, -0.05) is 56.5 Å². The molecule has 0 bridgehead atoms. The molecule has 3 aromatic rings. The van der Waals surface area contributed by atoms with Crippen molar-refractivity contribution in [1.29, 1.82) is 0 Å². The van der Waals surface area contributed by atoms with Crippen LogP contribution in [0.25, 0.3) is 11.5 Å². The van der Waals surface area contributed by atoms with Gasteiger partial charge in [0.15, 0.2) is 0 Å². The Morgan fingerprint density at radius 1 is 1.00 bits per heavy atom. The summed E-state index contributed by atoms with van der Waals surface area (Å²) in [5.41, 5.74) is 2.83. The highest BCUT2D eigenvalue weighted by Gasteiger charge is 2.26. The highest BCUT2D eigenvalue weighted by atomic mass is 16.4. The molecule has 5 heteroatoms. The fourth-order valence-corrected chi connectivity index (χ4v) is 4.35. The van der Waals surface area contributed by atoms with Crippen LogP contribution in [-0.2, 0) is 11.2 Å². The summed E-state index contributed by atoms with van der Waals surface area (Å²) in [6.45, 7) is 2.24. The SMILES string of the molecule is CCCCC1CCC(C(=O)Nc2ccc(Cc3nnc(-c4ccccc4)o3)cc2)CC1. The van der Waals surface area contributed by atoms with Crippen LogP contribution in [0.4, 0.5) is 5.69 Å². The smallest absolute Gasteiger partial charge is 0.247 e.